The molecule has 1 aromatic heterocycles. The lowest BCUT2D eigenvalue weighted by Gasteiger charge is -2.18. The van der Waals surface area contributed by atoms with Crippen molar-refractivity contribution in [2.45, 2.75) is 33.2 Å². The molecule has 1 heterocycles. The summed E-state index contributed by atoms with van der Waals surface area (Å²) in [6, 6.07) is 16.2. The summed E-state index contributed by atoms with van der Waals surface area (Å²) in [6.07, 6.45) is 6.26. The van der Waals surface area contributed by atoms with Gasteiger partial charge in [-0.1, -0.05) is 55.5 Å². The lowest BCUT2D eigenvalue weighted by molar-refractivity contribution is 0.0926. The zero-order chi connectivity index (χ0) is 23.3. The first-order valence-electron chi connectivity index (χ1n) is 10.5. The summed E-state index contributed by atoms with van der Waals surface area (Å²) >= 11 is 0. The Bertz CT molecular complexity index is 1020. The second kappa shape index (κ2) is 12.9. The third kappa shape index (κ3) is 7.21. The van der Waals surface area contributed by atoms with E-state index in [0.717, 1.165) is 11.3 Å². The molecule has 0 spiro atoms. The molecule has 0 radical (unpaired) electrons. The van der Waals surface area contributed by atoms with Crippen LogP contribution in [0.3, 0.4) is 0 Å². The van der Waals surface area contributed by atoms with Crippen LogP contribution < -0.4 is 10.6 Å². The van der Waals surface area contributed by atoms with Crippen molar-refractivity contribution < 1.29 is 9.90 Å². The molecule has 1 unspecified atom stereocenters. The average Bonchev–Trinajstić information content (AvgIpc) is 3.31. The molecule has 168 valence electrons. The molecule has 32 heavy (non-hydrogen) atoms. The third-order valence-electron chi connectivity index (χ3n) is 4.66. The quantitative estimate of drug-likeness (QED) is 0.450. The number of nitrogens with one attached hydrogen (secondary N) is 2. The number of nitrogens with zero attached hydrogens (tertiary/aromatic N) is 3. The second-order valence-electron chi connectivity index (χ2n) is 6.94. The van der Waals surface area contributed by atoms with Crippen LogP contribution in [0.15, 0.2) is 85.2 Å². The van der Waals surface area contributed by atoms with Gasteiger partial charge in [0.05, 0.1) is 18.3 Å². The molecular weight excluding hydrogens is 402 g/mol. The zero-order valence-corrected chi connectivity index (χ0v) is 18.8. The largest absolute Gasteiger partial charge is 0.394 e. The van der Waals surface area contributed by atoms with Gasteiger partial charge in [-0.2, -0.15) is 4.98 Å². The van der Waals surface area contributed by atoms with Crippen molar-refractivity contribution in [3.63, 3.8) is 0 Å². The van der Waals surface area contributed by atoms with Crippen molar-refractivity contribution in [1.82, 2.24) is 20.1 Å². The summed E-state index contributed by atoms with van der Waals surface area (Å²) in [6.45, 7) is 9.64. The third-order valence-corrected chi connectivity index (χ3v) is 4.66. The fourth-order valence-corrected chi connectivity index (χ4v) is 2.65. The van der Waals surface area contributed by atoms with E-state index in [9.17, 15) is 9.90 Å². The number of rotatable bonds is 8. The maximum atomic E-state index is 12.5. The second-order valence-corrected chi connectivity index (χ2v) is 6.94. The Kier molecular flexibility index (Phi) is 9.87. The van der Waals surface area contributed by atoms with Crippen LogP contribution in [0.4, 0.5) is 11.6 Å². The normalized spacial score (nSPS) is 11.4. The van der Waals surface area contributed by atoms with Gasteiger partial charge in [0.2, 0.25) is 5.95 Å². The number of aliphatic hydroxyl groups excluding tert-OH is 1. The number of hydrogen-bond donors (Lipinski definition) is 3. The minimum absolute atomic E-state index is 0.185. The van der Waals surface area contributed by atoms with Crippen molar-refractivity contribution in [2.75, 3.05) is 11.9 Å². The molecule has 7 nitrogen and oxygen atoms in total. The number of anilines is 2. The van der Waals surface area contributed by atoms with Crippen molar-refractivity contribution in [2.24, 2.45) is 0 Å². The van der Waals surface area contributed by atoms with Crippen molar-refractivity contribution in [3.05, 3.63) is 90.8 Å². The fourth-order valence-electron chi connectivity index (χ4n) is 2.65. The zero-order valence-electron chi connectivity index (χ0n) is 18.8. The van der Waals surface area contributed by atoms with E-state index in [0.29, 0.717) is 23.6 Å². The van der Waals surface area contributed by atoms with Crippen LogP contribution in [-0.4, -0.2) is 38.4 Å². The molecular formula is C25H31N5O2. The Morgan fingerprint density at radius 3 is 2.50 bits per heavy atom. The minimum Gasteiger partial charge on any atom is -0.394 e. The first-order valence-corrected chi connectivity index (χ1v) is 10.5. The molecule has 0 aliphatic heterocycles. The van der Waals surface area contributed by atoms with Gasteiger partial charge in [-0.3, -0.25) is 4.79 Å². The highest BCUT2D eigenvalue weighted by molar-refractivity contribution is 5.95. The Balaban J connectivity index is 0.000000837. The number of para-hydroxylation sites is 1. The first-order chi connectivity index (χ1) is 15.5. The average molecular weight is 434 g/mol. The van der Waals surface area contributed by atoms with E-state index in [-0.39, 0.29) is 12.5 Å². The fraction of sp³-hybridized carbons (Fsp3) is 0.240. The van der Waals surface area contributed by atoms with E-state index in [2.05, 4.69) is 27.3 Å². The topological polar surface area (TPSA) is 92.1 Å². The van der Waals surface area contributed by atoms with Crippen LogP contribution in [0.5, 0.6) is 0 Å². The Morgan fingerprint density at radius 1 is 1.16 bits per heavy atom. The Hall–Kier alpha value is -3.71. The van der Waals surface area contributed by atoms with Gasteiger partial charge in [-0.15, -0.1) is 5.10 Å². The molecule has 0 aliphatic carbocycles. The summed E-state index contributed by atoms with van der Waals surface area (Å²) in [7, 11) is 0. The molecule has 1 atom stereocenters. The number of hydrogen-bond acceptors (Lipinski definition) is 5. The number of carbonyl (C=O) groups is 1. The molecule has 3 N–H and O–H groups in total. The summed E-state index contributed by atoms with van der Waals surface area (Å²) in [5.74, 6) is 0.180. The molecule has 3 aromatic rings. The van der Waals surface area contributed by atoms with E-state index in [1.165, 1.54) is 0 Å². The van der Waals surface area contributed by atoms with Gasteiger partial charge in [0.15, 0.2) is 0 Å². The first kappa shape index (κ1) is 24.6. The van der Waals surface area contributed by atoms with Gasteiger partial charge < -0.3 is 15.7 Å². The number of aliphatic hydroxyl groups is 1. The summed E-state index contributed by atoms with van der Waals surface area (Å²) < 4.78 is 1.59. The van der Waals surface area contributed by atoms with Gasteiger partial charge in [0.1, 0.15) is 6.33 Å². The summed E-state index contributed by atoms with van der Waals surface area (Å²) in [4.78, 5) is 16.8. The van der Waals surface area contributed by atoms with Gasteiger partial charge in [0, 0.05) is 11.3 Å². The molecule has 0 saturated heterocycles. The highest BCUT2D eigenvalue weighted by Crippen LogP contribution is 2.15. The lowest BCUT2D eigenvalue weighted by atomic mass is 10.1. The van der Waals surface area contributed by atoms with E-state index in [4.69, 9.17) is 0 Å². The number of carbonyl (C=O) groups excluding carboxylic acids is 1. The van der Waals surface area contributed by atoms with Crippen LogP contribution in [0, 0.1) is 0 Å². The predicted octanol–water partition coefficient (Wildman–Crippen LogP) is 4.65. The maximum absolute atomic E-state index is 12.5. The Labute approximate surface area is 189 Å². The molecule has 0 saturated carbocycles. The van der Waals surface area contributed by atoms with E-state index in [1.807, 2.05) is 69.3 Å². The van der Waals surface area contributed by atoms with E-state index >= 15 is 0 Å². The molecule has 0 aliphatic rings. The van der Waals surface area contributed by atoms with E-state index in [1.54, 1.807) is 29.2 Å². The molecule has 3 rings (SSSR count). The minimum atomic E-state index is -0.464. The van der Waals surface area contributed by atoms with Crippen molar-refractivity contribution >= 4 is 17.5 Å². The Morgan fingerprint density at radius 2 is 1.88 bits per heavy atom. The maximum Gasteiger partial charge on any atom is 0.251 e. The van der Waals surface area contributed by atoms with Gasteiger partial charge >= 0.3 is 0 Å². The van der Waals surface area contributed by atoms with E-state index < -0.39 is 6.04 Å². The molecule has 2 aromatic carbocycles. The van der Waals surface area contributed by atoms with Crippen molar-refractivity contribution in [3.8, 4) is 5.69 Å². The lowest BCUT2D eigenvalue weighted by Crippen LogP contribution is -2.38. The van der Waals surface area contributed by atoms with Crippen LogP contribution in [0.1, 0.15) is 37.6 Å². The number of benzene rings is 2. The van der Waals surface area contributed by atoms with Gasteiger partial charge in [0.25, 0.3) is 5.91 Å². The van der Waals surface area contributed by atoms with Crippen molar-refractivity contribution in [1.29, 1.82) is 0 Å². The van der Waals surface area contributed by atoms with Crippen LogP contribution in [0.2, 0.25) is 0 Å². The number of amides is 1. The molecule has 7 heteroatoms. The van der Waals surface area contributed by atoms with Gasteiger partial charge in [-0.05, 0) is 50.6 Å². The highest BCUT2D eigenvalue weighted by atomic mass is 16.3. The summed E-state index contributed by atoms with van der Waals surface area (Å²) in [5.41, 5.74) is 2.84. The smallest absolute Gasteiger partial charge is 0.251 e. The molecule has 0 fully saturated rings. The molecule has 0 bridgehead atoms. The monoisotopic (exact) mass is 433 g/mol. The van der Waals surface area contributed by atoms with Crippen LogP contribution in [-0.2, 0) is 0 Å². The van der Waals surface area contributed by atoms with Crippen LogP contribution >= 0.6 is 0 Å². The van der Waals surface area contributed by atoms with Gasteiger partial charge in [-0.25, -0.2) is 4.68 Å². The number of allylic oxidation sites excluding steroid dienone is 2. The SMILES string of the molecule is C/C=C\C.C=C(CC)C(CO)NC(=O)c1cccc(-n2cnc(Nc3ccccc3)n2)c1. The summed E-state index contributed by atoms with van der Waals surface area (Å²) in [5, 5.41) is 19.8. The predicted molar refractivity (Wildman–Crippen MR) is 129 cm³/mol. The molecule has 1 amide bonds. The highest BCUT2D eigenvalue weighted by Gasteiger charge is 2.15. The van der Waals surface area contributed by atoms with Crippen LogP contribution in [0.25, 0.3) is 5.69 Å². The standard InChI is InChI=1S/C21H23N5O2.C4H8/c1-3-15(2)19(13-27)24-20(28)16-8-7-11-18(12-16)26-14-22-21(25-26)23-17-9-5-4-6-10-17;1-3-4-2/h4-12,14,19,27H,2-3,13H2,1H3,(H,23,25)(H,24,28);3-4H,1-2H3/b;4-3-. The number of aromatic nitrogens is 3.